The van der Waals surface area contributed by atoms with Crippen LogP contribution in [0.2, 0.25) is 0 Å². The van der Waals surface area contributed by atoms with E-state index in [4.69, 9.17) is 14.7 Å². The van der Waals surface area contributed by atoms with Crippen molar-refractivity contribution in [3.8, 4) is 17.1 Å². The van der Waals surface area contributed by atoms with Crippen LogP contribution in [0.4, 0.5) is 5.82 Å². The van der Waals surface area contributed by atoms with Crippen molar-refractivity contribution in [3.63, 3.8) is 0 Å². The zero-order valence-corrected chi connectivity index (χ0v) is 14.6. The molecule has 1 aromatic heterocycles. The van der Waals surface area contributed by atoms with E-state index >= 15 is 0 Å². The summed E-state index contributed by atoms with van der Waals surface area (Å²) in [6, 6.07) is 10.1. The molecular formula is C19H26N4O. The maximum absolute atomic E-state index is 5.24. The van der Waals surface area contributed by atoms with Gasteiger partial charge in [0, 0.05) is 37.0 Å². The minimum atomic E-state index is 0.802. The van der Waals surface area contributed by atoms with E-state index in [1.54, 1.807) is 7.11 Å². The first kappa shape index (κ1) is 16.7. The molecule has 3 rings (SSSR count). The van der Waals surface area contributed by atoms with E-state index in [1.807, 2.05) is 24.3 Å². The second-order valence-electron chi connectivity index (χ2n) is 6.11. The van der Waals surface area contributed by atoms with Gasteiger partial charge >= 0.3 is 0 Å². The minimum absolute atomic E-state index is 0.802. The van der Waals surface area contributed by atoms with E-state index in [0.29, 0.717) is 0 Å². The molecule has 0 aliphatic carbocycles. The fourth-order valence-corrected chi connectivity index (χ4v) is 2.97. The van der Waals surface area contributed by atoms with E-state index < -0.39 is 0 Å². The number of rotatable bonds is 5. The fraction of sp³-hybridized carbons (Fsp3) is 0.474. The first-order chi connectivity index (χ1) is 11.8. The molecule has 0 amide bonds. The molecule has 0 unspecified atom stereocenters. The van der Waals surface area contributed by atoms with Gasteiger partial charge in [0.1, 0.15) is 11.6 Å². The normalized spacial score (nSPS) is 15.2. The van der Waals surface area contributed by atoms with Crippen LogP contribution < -0.4 is 15.0 Å². The lowest BCUT2D eigenvalue weighted by molar-refractivity contribution is 0.415. The average molecular weight is 326 g/mol. The van der Waals surface area contributed by atoms with E-state index in [-0.39, 0.29) is 0 Å². The molecule has 1 fully saturated rings. The monoisotopic (exact) mass is 326 g/mol. The number of methoxy groups -OCH3 is 1. The molecule has 0 saturated carbocycles. The van der Waals surface area contributed by atoms with Gasteiger partial charge in [0.25, 0.3) is 0 Å². The van der Waals surface area contributed by atoms with Crippen LogP contribution in [0.1, 0.15) is 25.5 Å². The van der Waals surface area contributed by atoms with Gasteiger partial charge in [0.15, 0.2) is 5.82 Å². The predicted octanol–water partition coefficient (Wildman–Crippen LogP) is 2.90. The molecule has 2 heterocycles. The number of nitrogens with zero attached hydrogens (tertiary/aromatic N) is 3. The van der Waals surface area contributed by atoms with E-state index in [2.05, 4.69) is 23.2 Å². The molecule has 0 spiro atoms. The molecule has 128 valence electrons. The van der Waals surface area contributed by atoms with Crippen LogP contribution in [0, 0.1) is 0 Å². The summed E-state index contributed by atoms with van der Waals surface area (Å²) >= 11 is 0. The van der Waals surface area contributed by atoms with Crippen molar-refractivity contribution in [1.82, 2.24) is 15.3 Å². The molecule has 0 bridgehead atoms. The van der Waals surface area contributed by atoms with Gasteiger partial charge in [-0.25, -0.2) is 9.97 Å². The number of benzene rings is 1. The number of anilines is 1. The van der Waals surface area contributed by atoms with Crippen molar-refractivity contribution in [2.45, 2.75) is 26.2 Å². The van der Waals surface area contributed by atoms with Gasteiger partial charge in [-0.15, -0.1) is 0 Å². The summed E-state index contributed by atoms with van der Waals surface area (Å²) in [7, 11) is 1.68. The predicted molar refractivity (Wildman–Crippen MR) is 97.7 cm³/mol. The third-order valence-corrected chi connectivity index (χ3v) is 4.28. The molecule has 1 aliphatic rings. The Morgan fingerprint density at radius 3 is 2.71 bits per heavy atom. The SMILES string of the molecule is CCCc1cc(N2CCCNCC2)nc(-c2ccc(OC)cc2)n1. The number of aromatic nitrogens is 2. The van der Waals surface area contributed by atoms with Crippen LogP contribution in [-0.4, -0.2) is 43.3 Å². The highest BCUT2D eigenvalue weighted by molar-refractivity contribution is 5.59. The Labute approximate surface area is 144 Å². The first-order valence-electron chi connectivity index (χ1n) is 8.78. The van der Waals surface area contributed by atoms with Gasteiger partial charge in [-0.3, -0.25) is 0 Å². The second kappa shape index (κ2) is 8.11. The van der Waals surface area contributed by atoms with E-state index in [0.717, 1.165) is 74.1 Å². The third kappa shape index (κ3) is 4.03. The zero-order valence-electron chi connectivity index (χ0n) is 14.6. The van der Waals surface area contributed by atoms with Crippen molar-refractivity contribution in [3.05, 3.63) is 36.0 Å². The second-order valence-corrected chi connectivity index (χ2v) is 6.11. The van der Waals surface area contributed by atoms with Crippen molar-refractivity contribution in [2.75, 3.05) is 38.2 Å². The average Bonchev–Trinajstić information content (AvgIpc) is 2.91. The van der Waals surface area contributed by atoms with Crippen LogP contribution >= 0.6 is 0 Å². The van der Waals surface area contributed by atoms with Crippen molar-refractivity contribution in [2.24, 2.45) is 0 Å². The maximum Gasteiger partial charge on any atom is 0.161 e. The smallest absolute Gasteiger partial charge is 0.161 e. The molecular weight excluding hydrogens is 300 g/mol. The van der Waals surface area contributed by atoms with Crippen LogP contribution in [0.25, 0.3) is 11.4 Å². The van der Waals surface area contributed by atoms with Crippen LogP contribution in [0.3, 0.4) is 0 Å². The Morgan fingerprint density at radius 2 is 1.96 bits per heavy atom. The Bertz CT molecular complexity index is 649. The van der Waals surface area contributed by atoms with Crippen molar-refractivity contribution in [1.29, 1.82) is 0 Å². The largest absolute Gasteiger partial charge is 0.497 e. The number of hydrogen-bond acceptors (Lipinski definition) is 5. The van der Waals surface area contributed by atoms with Crippen LogP contribution in [0.15, 0.2) is 30.3 Å². The number of hydrogen-bond donors (Lipinski definition) is 1. The Kier molecular flexibility index (Phi) is 5.64. The molecule has 1 N–H and O–H groups in total. The number of aryl methyl sites for hydroxylation is 1. The molecule has 5 nitrogen and oxygen atoms in total. The Hall–Kier alpha value is -2.14. The Balaban J connectivity index is 1.94. The topological polar surface area (TPSA) is 50.3 Å². The highest BCUT2D eigenvalue weighted by Crippen LogP contribution is 2.23. The lowest BCUT2D eigenvalue weighted by atomic mass is 10.1. The zero-order chi connectivity index (χ0) is 16.8. The van der Waals surface area contributed by atoms with Gasteiger partial charge in [-0.05, 0) is 43.7 Å². The molecule has 2 aromatic rings. The number of nitrogens with one attached hydrogen (secondary N) is 1. The van der Waals surface area contributed by atoms with Crippen LogP contribution in [0.5, 0.6) is 5.75 Å². The summed E-state index contributed by atoms with van der Waals surface area (Å²) in [4.78, 5) is 12.0. The van der Waals surface area contributed by atoms with Gasteiger partial charge in [-0.1, -0.05) is 13.3 Å². The molecule has 1 saturated heterocycles. The van der Waals surface area contributed by atoms with Gasteiger partial charge in [0.2, 0.25) is 0 Å². The Morgan fingerprint density at radius 1 is 1.12 bits per heavy atom. The van der Waals surface area contributed by atoms with Gasteiger partial charge in [-0.2, -0.15) is 0 Å². The summed E-state index contributed by atoms with van der Waals surface area (Å²) < 4.78 is 5.24. The summed E-state index contributed by atoms with van der Waals surface area (Å²) in [5.74, 6) is 2.70. The summed E-state index contributed by atoms with van der Waals surface area (Å²) in [6.07, 6.45) is 3.20. The molecule has 1 aromatic carbocycles. The van der Waals surface area contributed by atoms with Crippen LogP contribution in [-0.2, 0) is 6.42 Å². The quantitative estimate of drug-likeness (QED) is 0.915. The standard InChI is InChI=1S/C19H26N4O/c1-3-5-16-14-18(23-12-4-10-20-11-13-23)22-19(21-16)15-6-8-17(24-2)9-7-15/h6-9,14,20H,3-5,10-13H2,1-2H3. The van der Waals surface area contributed by atoms with E-state index in [1.165, 1.54) is 0 Å². The molecule has 0 atom stereocenters. The summed E-state index contributed by atoms with van der Waals surface area (Å²) in [6.45, 7) is 6.30. The van der Waals surface area contributed by atoms with E-state index in [9.17, 15) is 0 Å². The molecule has 1 aliphatic heterocycles. The summed E-state index contributed by atoms with van der Waals surface area (Å²) in [5, 5.41) is 3.45. The maximum atomic E-state index is 5.24. The first-order valence-corrected chi connectivity index (χ1v) is 8.78. The highest BCUT2D eigenvalue weighted by Gasteiger charge is 2.14. The molecule has 5 heteroatoms. The number of ether oxygens (including phenoxy) is 1. The fourth-order valence-electron chi connectivity index (χ4n) is 2.97. The lowest BCUT2D eigenvalue weighted by Gasteiger charge is -2.22. The molecule has 24 heavy (non-hydrogen) atoms. The van der Waals surface area contributed by atoms with Crippen molar-refractivity contribution >= 4 is 5.82 Å². The third-order valence-electron chi connectivity index (χ3n) is 4.28. The highest BCUT2D eigenvalue weighted by atomic mass is 16.5. The lowest BCUT2D eigenvalue weighted by Crippen LogP contribution is -2.29. The van der Waals surface area contributed by atoms with Gasteiger partial charge < -0.3 is 15.0 Å². The molecule has 0 radical (unpaired) electrons. The van der Waals surface area contributed by atoms with Crippen molar-refractivity contribution < 1.29 is 4.74 Å². The summed E-state index contributed by atoms with van der Waals surface area (Å²) in [5.41, 5.74) is 2.15. The van der Waals surface area contributed by atoms with Gasteiger partial charge in [0.05, 0.1) is 7.11 Å². The minimum Gasteiger partial charge on any atom is -0.497 e.